The van der Waals surface area contributed by atoms with Crippen molar-refractivity contribution in [2.75, 3.05) is 58.1 Å². The number of likely N-dealkylation sites (tertiary alicyclic amines) is 1. The lowest BCUT2D eigenvalue weighted by Gasteiger charge is -2.27. The molecular formula is C17H37N5O2S. The Morgan fingerprint density at radius 1 is 1.12 bits per heavy atom. The third kappa shape index (κ3) is 6.42. The van der Waals surface area contributed by atoms with Crippen LogP contribution < -0.4 is 5.32 Å². The van der Waals surface area contributed by atoms with E-state index in [1.165, 1.54) is 4.31 Å². The Morgan fingerprint density at radius 2 is 1.76 bits per heavy atom. The Bertz CT molecular complexity index is 501. The number of nitrogens with zero attached hydrogens (tertiary/aromatic N) is 4. The van der Waals surface area contributed by atoms with Crippen molar-refractivity contribution in [2.45, 2.75) is 47.1 Å². The Hall–Kier alpha value is -0.860. The summed E-state index contributed by atoms with van der Waals surface area (Å²) in [5.41, 5.74) is 0. The predicted molar refractivity (Wildman–Crippen MR) is 106 cm³/mol. The van der Waals surface area contributed by atoms with Crippen molar-refractivity contribution in [1.82, 2.24) is 19.4 Å². The fraction of sp³-hybridized carbons (Fsp3) is 0.941. The molecule has 1 heterocycles. The molecule has 1 atom stereocenters. The summed E-state index contributed by atoms with van der Waals surface area (Å²) in [7, 11) is -3.22. The van der Waals surface area contributed by atoms with Gasteiger partial charge in [0.05, 0.1) is 12.3 Å². The largest absolute Gasteiger partial charge is 0.357 e. The summed E-state index contributed by atoms with van der Waals surface area (Å²) in [6.45, 7) is 16.3. The standard InChI is InChI=1S/C17H37N5O2S/c1-6-18-17(19-12-14-25(23,24)22(9-4)10-5)21-13-11-16(15-21)20(7-2)8-3/h16H,6-15H2,1-5H3,(H,18,19). The topological polar surface area (TPSA) is 68.2 Å². The van der Waals surface area contributed by atoms with E-state index in [4.69, 9.17) is 0 Å². The highest BCUT2D eigenvalue weighted by Crippen LogP contribution is 2.15. The van der Waals surface area contributed by atoms with Gasteiger partial charge in [0.25, 0.3) is 0 Å². The van der Waals surface area contributed by atoms with E-state index in [2.05, 4.69) is 34.0 Å². The summed E-state index contributed by atoms with van der Waals surface area (Å²) in [4.78, 5) is 9.33. The second kappa shape index (κ2) is 11.0. The molecule has 0 aromatic carbocycles. The smallest absolute Gasteiger partial charge is 0.215 e. The van der Waals surface area contributed by atoms with Gasteiger partial charge in [-0.3, -0.25) is 9.89 Å². The predicted octanol–water partition coefficient (Wildman–Crippen LogP) is 1.04. The van der Waals surface area contributed by atoms with Crippen LogP contribution in [0.25, 0.3) is 0 Å². The summed E-state index contributed by atoms with van der Waals surface area (Å²) in [5, 5.41) is 3.31. The van der Waals surface area contributed by atoms with Gasteiger partial charge in [-0.15, -0.1) is 0 Å². The zero-order valence-electron chi connectivity index (χ0n) is 16.7. The first-order valence-corrected chi connectivity index (χ1v) is 11.3. The van der Waals surface area contributed by atoms with Crippen LogP contribution in [-0.4, -0.2) is 92.6 Å². The molecule has 0 radical (unpaired) electrons. The zero-order valence-corrected chi connectivity index (χ0v) is 17.5. The summed E-state index contributed by atoms with van der Waals surface area (Å²) < 4.78 is 26.1. The average Bonchev–Trinajstić information content (AvgIpc) is 3.05. The van der Waals surface area contributed by atoms with Gasteiger partial charge in [-0.1, -0.05) is 27.7 Å². The third-order valence-electron chi connectivity index (χ3n) is 4.84. The van der Waals surface area contributed by atoms with E-state index < -0.39 is 10.0 Å². The molecule has 1 aliphatic rings. The summed E-state index contributed by atoms with van der Waals surface area (Å²) in [6, 6.07) is 0.554. The molecule has 25 heavy (non-hydrogen) atoms. The molecule has 7 nitrogen and oxygen atoms in total. The first kappa shape index (κ1) is 22.2. The zero-order chi connectivity index (χ0) is 18.9. The fourth-order valence-corrected chi connectivity index (χ4v) is 4.78. The van der Waals surface area contributed by atoms with Crippen LogP contribution in [0.1, 0.15) is 41.0 Å². The van der Waals surface area contributed by atoms with Crippen LogP contribution in [-0.2, 0) is 10.0 Å². The highest BCUT2D eigenvalue weighted by atomic mass is 32.2. The minimum Gasteiger partial charge on any atom is -0.357 e. The van der Waals surface area contributed by atoms with Crippen LogP contribution in [0.15, 0.2) is 4.99 Å². The van der Waals surface area contributed by atoms with Gasteiger partial charge < -0.3 is 10.2 Å². The SMILES string of the molecule is CCNC(=NCCS(=O)(=O)N(CC)CC)N1CCC(N(CC)CC)C1. The first-order chi connectivity index (χ1) is 11.9. The minimum absolute atomic E-state index is 0.0664. The van der Waals surface area contributed by atoms with E-state index in [0.29, 0.717) is 25.7 Å². The van der Waals surface area contributed by atoms with Gasteiger partial charge in [0.1, 0.15) is 0 Å². The number of likely N-dealkylation sites (N-methyl/N-ethyl adjacent to an activating group) is 1. The second-order valence-corrected chi connectivity index (χ2v) is 8.33. The molecule has 1 N–H and O–H groups in total. The van der Waals surface area contributed by atoms with Gasteiger partial charge in [0, 0.05) is 38.8 Å². The van der Waals surface area contributed by atoms with Crippen LogP contribution in [0.5, 0.6) is 0 Å². The van der Waals surface area contributed by atoms with E-state index in [0.717, 1.165) is 45.1 Å². The number of nitrogens with one attached hydrogen (secondary N) is 1. The van der Waals surface area contributed by atoms with E-state index in [1.54, 1.807) is 0 Å². The van der Waals surface area contributed by atoms with Crippen molar-refractivity contribution in [3.8, 4) is 0 Å². The number of hydrogen-bond acceptors (Lipinski definition) is 4. The molecule has 148 valence electrons. The van der Waals surface area contributed by atoms with Crippen LogP contribution in [0.3, 0.4) is 0 Å². The maximum atomic E-state index is 12.3. The molecule has 1 rings (SSSR count). The highest BCUT2D eigenvalue weighted by molar-refractivity contribution is 7.89. The number of aliphatic imine (C=N–C) groups is 1. The summed E-state index contributed by atoms with van der Waals surface area (Å²) in [5.74, 6) is 0.906. The monoisotopic (exact) mass is 375 g/mol. The molecule has 1 fully saturated rings. The van der Waals surface area contributed by atoms with Crippen LogP contribution >= 0.6 is 0 Å². The van der Waals surface area contributed by atoms with Gasteiger partial charge in [0.15, 0.2) is 5.96 Å². The minimum atomic E-state index is -3.22. The van der Waals surface area contributed by atoms with Gasteiger partial charge in [-0.25, -0.2) is 12.7 Å². The van der Waals surface area contributed by atoms with Gasteiger partial charge in [-0.2, -0.15) is 0 Å². The molecule has 8 heteroatoms. The van der Waals surface area contributed by atoms with E-state index >= 15 is 0 Å². The molecule has 0 amide bonds. The fourth-order valence-electron chi connectivity index (χ4n) is 3.41. The highest BCUT2D eigenvalue weighted by Gasteiger charge is 2.28. The lowest BCUT2D eigenvalue weighted by molar-refractivity contribution is 0.223. The molecule has 1 aliphatic heterocycles. The molecule has 0 aromatic rings. The average molecular weight is 376 g/mol. The molecule has 1 saturated heterocycles. The van der Waals surface area contributed by atoms with Crippen LogP contribution in [0.4, 0.5) is 0 Å². The second-order valence-electron chi connectivity index (χ2n) is 6.25. The molecule has 0 aromatic heterocycles. The van der Waals surface area contributed by atoms with Crippen molar-refractivity contribution in [1.29, 1.82) is 0 Å². The van der Waals surface area contributed by atoms with Crippen molar-refractivity contribution >= 4 is 16.0 Å². The lowest BCUT2D eigenvalue weighted by Crippen LogP contribution is -2.43. The first-order valence-electron chi connectivity index (χ1n) is 9.68. The number of guanidine groups is 1. The molecule has 0 saturated carbocycles. The number of hydrogen-bond donors (Lipinski definition) is 1. The lowest BCUT2D eigenvalue weighted by atomic mass is 10.2. The molecule has 1 unspecified atom stereocenters. The van der Waals surface area contributed by atoms with Gasteiger partial charge >= 0.3 is 0 Å². The van der Waals surface area contributed by atoms with E-state index in [1.807, 2.05) is 20.8 Å². The molecular weight excluding hydrogens is 338 g/mol. The van der Waals surface area contributed by atoms with Gasteiger partial charge in [-0.05, 0) is 26.4 Å². The van der Waals surface area contributed by atoms with Gasteiger partial charge in [0.2, 0.25) is 10.0 Å². The van der Waals surface area contributed by atoms with E-state index in [-0.39, 0.29) is 5.75 Å². The molecule has 0 spiro atoms. The number of rotatable bonds is 10. The Kier molecular flexibility index (Phi) is 9.74. The van der Waals surface area contributed by atoms with E-state index in [9.17, 15) is 8.42 Å². The van der Waals surface area contributed by atoms with Crippen molar-refractivity contribution in [2.24, 2.45) is 4.99 Å². The summed E-state index contributed by atoms with van der Waals surface area (Å²) in [6.07, 6.45) is 1.13. The maximum Gasteiger partial charge on any atom is 0.215 e. The van der Waals surface area contributed by atoms with Crippen LogP contribution in [0, 0.1) is 0 Å². The van der Waals surface area contributed by atoms with Crippen molar-refractivity contribution in [3.05, 3.63) is 0 Å². The Balaban J connectivity index is 2.69. The third-order valence-corrected chi connectivity index (χ3v) is 6.84. The molecule has 0 bridgehead atoms. The quantitative estimate of drug-likeness (QED) is 0.456. The Labute approximate surface area is 154 Å². The van der Waals surface area contributed by atoms with Crippen molar-refractivity contribution in [3.63, 3.8) is 0 Å². The summed E-state index contributed by atoms with van der Waals surface area (Å²) >= 11 is 0. The normalized spacial score (nSPS) is 19.2. The number of sulfonamides is 1. The van der Waals surface area contributed by atoms with Crippen molar-refractivity contribution < 1.29 is 8.42 Å². The Morgan fingerprint density at radius 3 is 2.28 bits per heavy atom. The maximum absolute atomic E-state index is 12.3. The van der Waals surface area contributed by atoms with Crippen LogP contribution in [0.2, 0.25) is 0 Å². The molecule has 0 aliphatic carbocycles.